The van der Waals surface area contributed by atoms with E-state index < -0.39 is 5.79 Å². The van der Waals surface area contributed by atoms with Crippen LogP contribution in [0.15, 0.2) is 11.1 Å². The summed E-state index contributed by atoms with van der Waals surface area (Å²) in [5.74, 6) is 1.45. The van der Waals surface area contributed by atoms with Crippen LogP contribution in [-0.4, -0.2) is 28.2 Å². The Bertz CT molecular complexity index is 746. The first-order valence-electron chi connectivity index (χ1n) is 13.1. The van der Waals surface area contributed by atoms with E-state index in [1.807, 2.05) is 0 Å². The van der Waals surface area contributed by atoms with Gasteiger partial charge in [-0.15, -0.1) is 0 Å². The second-order valence-electron chi connectivity index (χ2n) is 12.8. The van der Waals surface area contributed by atoms with Gasteiger partial charge in [0.25, 0.3) is 0 Å². The Hall–Kier alpha value is -0.420. The van der Waals surface area contributed by atoms with Crippen molar-refractivity contribution in [2.45, 2.75) is 117 Å². The maximum atomic E-state index is 11.7. The summed E-state index contributed by atoms with van der Waals surface area (Å²) in [7, 11) is 0. The molecular formula is C27H44O4. The van der Waals surface area contributed by atoms with Crippen LogP contribution in [-0.2, 0) is 9.78 Å². The minimum Gasteiger partial charge on any atom is -0.393 e. The van der Waals surface area contributed by atoms with Gasteiger partial charge in [-0.2, -0.15) is 4.89 Å². The Kier molecular flexibility index (Phi) is 5.45. The van der Waals surface area contributed by atoms with Crippen molar-refractivity contribution < 1.29 is 20.0 Å². The average molecular weight is 433 g/mol. The third kappa shape index (κ3) is 3.30. The number of aliphatic hydroxyl groups is 2. The molecule has 1 heterocycles. The Balaban J connectivity index is 1.50. The number of hydrogen-bond acceptors (Lipinski definition) is 4. The summed E-state index contributed by atoms with van der Waals surface area (Å²) in [6.45, 7) is 11.9. The van der Waals surface area contributed by atoms with Crippen LogP contribution < -0.4 is 0 Å². The van der Waals surface area contributed by atoms with Gasteiger partial charge < -0.3 is 10.2 Å². The Morgan fingerprint density at radius 3 is 2.58 bits per heavy atom. The van der Waals surface area contributed by atoms with Crippen LogP contribution >= 0.6 is 0 Å². The van der Waals surface area contributed by atoms with Gasteiger partial charge in [0.1, 0.15) is 6.10 Å². The number of hydrogen-bond donors (Lipinski definition) is 2. The summed E-state index contributed by atoms with van der Waals surface area (Å²) in [5.41, 5.74) is 2.83. The lowest BCUT2D eigenvalue weighted by molar-refractivity contribution is -0.435. The molecule has 0 spiro atoms. The highest BCUT2D eigenvalue weighted by molar-refractivity contribution is 5.42. The van der Waals surface area contributed by atoms with Crippen molar-refractivity contribution in [2.24, 2.45) is 40.4 Å². The molecule has 4 nitrogen and oxygen atoms in total. The van der Waals surface area contributed by atoms with Crippen molar-refractivity contribution in [1.82, 2.24) is 0 Å². The SMILES string of the molecule is CC(C)CCC[C@@H](C)[C@H]1C[C@@]2(O)OO[C@H]3C[C@H]4C[C@@H](O)CC[C@]4(C)[C@H]4CC[C@@]1(C)C2=C34. The lowest BCUT2D eigenvalue weighted by Gasteiger charge is -2.59. The van der Waals surface area contributed by atoms with Gasteiger partial charge in [-0.05, 0) is 90.1 Å². The fourth-order valence-electron chi connectivity index (χ4n) is 8.76. The molecule has 5 aliphatic rings. The van der Waals surface area contributed by atoms with Crippen LogP contribution in [0.5, 0.6) is 0 Å². The molecule has 0 aromatic carbocycles. The van der Waals surface area contributed by atoms with Crippen LogP contribution in [0.25, 0.3) is 0 Å². The zero-order chi connectivity index (χ0) is 22.2. The zero-order valence-electron chi connectivity index (χ0n) is 20.3. The number of fused-ring (bicyclic) bond motifs is 2. The summed E-state index contributed by atoms with van der Waals surface area (Å²) < 4.78 is 0. The second-order valence-corrected chi connectivity index (χ2v) is 12.8. The molecule has 3 fully saturated rings. The molecule has 0 radical (unpaired) electrons. The van der Waals surface area contributed by atoms with Crippen molar-refractivity contribution in [1.29, 1.82) is 0 Å². The minimum atomic E-state index is -1.24. The normalized spacial score (nSPS) is 49.7. The molecule has 31 heavy (non-hydrogen) atoms. The maximum absolute atomic E-state index is 11.7. The standard InChI is InChI=1S/C27H44O4/c1-16(2)7-6-8-17(3)21-15-27(29)24-23-20(10-12-26(21,24)5)25(4)11-9-19(28)13-18(25)14-22(23)30-31-27/h16-22,28-29H,6-15H2,1-5H3/t17-,18-,19+,20+,21-,22+,25+,26-,27-/m1/s1. The first-order valence-corrected chi connectivity index (χ1v) is 13.1. The van der Waals surface area contributed by atoms with Crippen LogP contribution in [0.2, 0.25) is 0 Å². The highest BCUT2D eigenvalue weighted by Crippen LogP contribution is 2.69. The molecule has 1 aliphatic heterocycles. The van der Waals surface area contributed by atoms with E-state index in [1.165, 1.54) is 36.8 Å². The molecular weight excluding hydrogens is 388 g/mol. The lowest BCUT2D eigenvalue weighted by Crippen LogP contribution is -2.56. The van der Waals surface area contributed by atoms with Crippen molar-refractivity contribution in [2.75, 3.05) is 0 Å². The first kappa shape index (κ1) is 22.4. The van der Waals surface area contributed by atoms with Gasteiger partial charge in [-0.1, -0.05) is 53.9 Å². The summed E-state index contributed by atoms with van der Waals surface area (Å²) in [6.07, 6.45) is 10.3. The van der Waals surface area contributed by atoms with E-state index in [0.29, 0.717) is 30.1 Å². The summed E-state index contributed by atoms with van der Waals surface area (Å²) in [5, 5.41) is 22.1. The van der Waals surface area contributed by atoms with Crippen molar-refractivity contribution in [3.8, 4) is 0 Å². The molecule has 0 saturated heterocycles. The number of aliphatic hydroxyl groups excluding tert-OH is 1. The van der Waals surface area contributed by atoms with Gasteiger partial charge in [0.05, 0.1) is 6.10 Å². The highest BCUT2D eigenvalue weighted by Gasteiger charge is 2.67. The molecule has 0 amide bonds. The third-order valence-corrected chi connectivity index (χ3v) is 10.5. The molecule has 0 unspecified atom stereocenters. The Morgan fingerprint density at radius 1 is 1.06 bits per heavy atom. The van der Waals surface area contributed by atoms with Crippen LogP contribution in [0, 0.1) is 40.4 Å². The largest absolute Gasteiger partial charge is 0.393 e. The monoisotopic (exact) mass is 432 g/mol. The van der Waals surface area contributed by atoms with Crippen LogP contribution in [0.3, 0.4) is 0 Å². The molecule has 5 rings (SSSR count). The van der Waals surface area contributed by atoms with E-state index in [2.05, 4.69) is 34.6 Å². The Morgan fingerprint density at radius 2 is 1.84 bits per heavy atom. The smallest absolute Gasteiger partial charge is 0.222 e. The van der Waals surface area contributed by atoms with Gasteiger partial charge in [-0.3, -0.25) is 0 Å². The fourth-order valence-corrected chi connectivity index (χ4v) is 8.76. The molecule has 0 bridgehead atoms. The molecule has 9 atom stereocenters. The second kappa shape index (κ2) is 7.55. The molecule has 0 aromatic heterocycles. The fraction of sp³-hybridized carbons (Fsp3) is 0.926. The van der Waals surface area contributed by atoms with E-state index >= 15 is 0 Å². The van der Waals surface area contributed by atoms with Gasteiger partial charge in [0.15, 0.2) is 0 Å². The zero-order valence-corrected chi connectivity index (χ0v) is 20.3. The van der Waals surface area contributed by atoms with E-state index in [0.717, 1.165) is 38.0 Å². The summed E-state index contributed by atoms with van der Waals surface area (Å²) >= 11 is 0. The predicted molar refractivity (Wildman–Crippen MR) is 121 cm³/mol. The van der Waals surface area contributed by atoms with Crippen molar-refractivity contribution in [3.63, 3.8) is 0 Å². The summed E-state index contributed by atoms with van der Waals surface area (Å²) in [4.78, 5) is 11.9. The van der Waals surface area contributed by atoms with Gasteiger partial charge >= 0.3 is 0 Å². The summed E-state index contributed by atoms with van der Waals surface area (Å²) in [6, 6.07) is 0. The minimum absolute atomic E-state index is 0.0111. The average Bonchev–Trinajstić information content (AvgIpc) is 2.95. The van der Waals surface area contributed by atoms with Gasteiger partial charge in [-0.25, -0.2) is 4.89 Å². The van der Waals surface area contributed by atoms with E-state index in [-0.39, 0.29) is 23.0 Å². The van der Waals surface area contributed by atoms with Crippen LogP contribution in [0.4, 0.5) is 0 Å². The molecule has 2 N–H and O–H groups in total. The van der Waals surface area contributed by atoms with Gasteiger partial charge in [0, 0.05) is 6.42 Å². The lowest BCUT2D eigenvalue weighted by atomic mass is 9.48. The number of rotatable bonds is 5. The van der Waals surface area contributed by atoms with E-state index in [1.54, 1.807) is 0 Å². The quantitative estimate of drug-likeness (QED) is 0.428. The van der Waals surface area contributed by atoms with Gasteiger partial charge in [0.2, 0.25) is 5.79 Å². The highest BCUT2D eigenvalue weighted by atomic mass is 17.2. The van der Waals surface area contributed by atoms with Crippen LogP contribution in [0.1, 0.15) is 98.8 Å². The predicted octanol–water partition coefficient (Wildman–Crippen LogP) is 5.77. The molecule has 4 heteroatoms. The Labute approximate surface area is 188 Å². The van der Waals surface area contributed by atoms with Crippen molar-refractivity contribution >= 4 is 0 Å². The molecule has 3 saturated carbocycles. The van der Waals surface area contributed by atoms with E-state index in [4.69, 9.17) is 9.78 Å². The van der Waals surface area contributed by atoms with Crippen molar-refractivity contribution in [3.05, 3.63) is 11.1 Å². The molecule has 4 aliphatic carbocycles. The topological polar surface area (TPSA) is 58.9 Å². The maximum Gasteiger partial charge on any atom is 0.222 e. The third-order valence-electron chi connectivity index (χ3n) is 10.5. The first-order chi connectivity index (χ1) is 14.6. The van der Waals surface area contributed by atoms with E-state index in [9.17, 15) is 10.2 Å². The molecule has 0 aromatic rings. The molecule has 176 valence electrons.